The van der Waals surface area contributed by atoms with Crippen LogP contribution in [0.3, 0.4) is 0 Å². The van der Waals surface area contributed by atoms with Crippen LogP contribution >= 0.6 is 11.6 Å². The van der Waals surface area contributed by atoms with E-state index in [1.165, 1.54) is 4.68 Å². The molecule has 2 aromatic heterocycles. The van der Waals surface area contributed by atoms with E-state index in [1.54, 1.807) is 30.3 Å². The van der Waals surface area contributed by atoms with E-state index in [-0.39, 0.29) is 5.56 Å². The molecule has 0 aliphatic heterocycles. The molecule has 27 heavy (non-hydrogen) atoms. The van der Waals surface area contributed by atoms with E-state index >= 15 is 0 Å². The largest absolute Gasteiger partial charge is 0.399 e. The van der Waals surface area contributed by atoms with Gasteiger partial charge in [-0.15, -0.1) is 0 Å². The summed E-state index contributed by atoms with van der Waals surface area (Å²) in [5.74, 6) is 0.587. The van der Waals surface area contributed by atoms with E-state index in [0.717, 1.165) is 30.3 Å². The molecule has 0 saturated heterocycles. The quantitative estimate of drug-likeness (QED) is 0.355. The fraction of sp³-hybridized carbons (Fsp3) is 0.200. The highest BCUT2D eigenvalue weighted by Gasteiger charge is 2.17. The van der Waals surface area contributed by atoms with Crippen LogP contribution in [-0.4, -0.2) is 21.3 Å². The summed E-state index contributed by atoms with van der Waals surface area (Å²) in [7, 11) is 0. The number of H-pyrrole nitrogens is 1. The van der Waals surface area contributed by atoms with Crippen LogP contribution in [0.15, 0.2) is 47.3 Å². The van der Waals surface area contributed by atoms with Crippen LogP contribution in [0.5, 0.6) is 0 Å². The minimum Gasteiger partial charge on any atom is -0.399 e. The predicted molar refractivity (Wildman–Crippen MR) is 112 cm³/mol. The van der Waals surface area contributed by atoms with Gasteiger partial charge >= 0.3 is 0 Å². The number of nitrogen functional groups attached to an aromatic ring is 1. The standard InChI is InChI=1S/C20H20ClN5O/c1-2-3-10-23-19-17-18(15-11-12(21)4-9-16(15)24-19)25-26(20(17)27)14-7-5-13(22)6-8-14/h4-9,11,25H,2-3,10,22H2,1H3,(H,23,24). The number of hydrogen-bond acceptors (Lipinski definition) is 4. The minimum atomic E-state index is -0.164. The zero-order valence-electron chi connectivity index (χ0n) is 14.9. The number of hydrogen-bond donors (Lipinski definition) is 3. The average Bonchev–Trinajstić information content (AvgIpc) is 3.01. The lowest BCUT2D eigenvalue weighted by atomic mass is 10.1. The number of nitrogens with two attached hydrogens (primary N) is 1. The van der Waals surface area contributed by atoms with Crippen molar-refractivity contribution in [2.75, 3.05) is 17.6 Å². The molecular weight excluding hydrogens is 362 g/mol. The van der Waals surface area contributed by atoms with Crippen molar-refractivity contribution >= 4 is 44.9 Å². The predicted octanol–water partition coefficient (Wildman–Crippen LogP) is 4.31. The van der Waals surface area contributed by atoms with Crippen molar-refractivity contribution in [2.24, 2.45) is 0 Å². The second kappa shape index (κ2) is 6.96. The molecule has 4 N–H and O–H groups in total. The first-order valence-corrected chi connectivity index (χ1v) is 9.30. The molecule has 0 saturated carbocycles. The summed E-state index contributed by atoms with van der Waals surface area (Å²) in [6, 6.07) is 12.6. The first-order chi connectivity index (χ1) is 13.1. The summed E-state index contributed by atoms with van der Waals surface area (Å²) in [6.45, 7) is 2.88. The maximum absolute atomic E-state index is 13.2. The third kappa shape index (κ3) is 3.13. The molecule has 0 atom stereocenters. The lowest BCUT2D eigenvalue weighted by Gasteiger charge is -2.08. The summed E-state index contributed by atoms with van der Waals surface area (Å²) in [5, 5.41) is 8.47. The molecule has 4 rings (SSSR count). The Bertz CT molecular complexity index is 1180. The van der Waals surface area contributed by atoms with Crippen molar-refractivity contribution in [3.05, 3.63) is 57.8 Å². The molecule has 0 radical (unpaired) electrons. The van der Waals surface area contributed by atoms with E-state index in [1.807, 2.05) is 12.1 Å². The molecular formula is C20H20ClN5O. The molecule has 7 heteroatoms. The number of aromatic nitrogens is 3. The minimum absolute atomic E-state index is 0.164. The van der Waals surface area contributed by atoms with Crippen molar-refractivity contribution in [3.8, 4) is 5.69 Å². The topological polar surface area (TPSA) is 88.7 Å². The first-order valence-electron chi connectivity index (χ1n) is 8.92. The second-order valence-electron chi connectivity index (χ2n) is 6.50. The van der Waals surface area contributed by atoms with Crippen LogP contribution in [0.2, 0.25) is 5.02 Å². The molecule has 0 unspecified atom stereocenters. The van der Waals surface area contributed by atoms with Crippen molar-refractivity contribution in [3.63, 3.8) is 0 Å². The van der Waals surface area contributed by atoms with E-state index < -0.39 is 0 Å². The number of nitrogens with zero attached hydrogens (tertiary/aromatic N) is 2. The molecule has 0 amide bonds. The van der Waals surface area contributed by atoms with Crippen LogP contribution in [0, 0.1) is 0 Å². The van der Waals surface area contributed by atoms with Crippen molar-refractivity contribution in [1.29, 1.82) is 0 Å². The fourth-order valence-electron chi connectivity index (χ4n) is 3.15. The number of pyridine rings is 1. The van der Waals surface area contributed by atoms with E-state index in [2.05, 4.69) is 22.3 Å². The van der Waals surface area contributed by atoms with Gasteiger partial charge in [-0.25, -0.2) is 9.67 Å². The number of rotatable bonds is 5. The van der Waals surface area contributed by atoms with Crippen LogP contribution < -0.4 is 16.6 Å². The number of halogens is 1. The highest BCUT2D eigenvalue weighted by molar-refractivity contribution is 6.31. The van der Waals surface area contributed by atoms with Crippen LogP contribution in [0.25, 0.3) is 27.5 Å². The molecule has 2 heterocycles. The lowest BCUT2D eigenvalue weighted by Crippen LogP contribution is -2.15. The number of benzene rings is 2. The Hall–Kier alpha value is -2.99. The lowest BCUT2D eigenvalue weighted by molar-refractivity contribution is 0.832. The van der Waals surface area contributed by atoms with Gasteiger partial charge in [0.25, 0.3) is 5.56 Å². The van der Waals surface area contributed by atoms with Crippen LogP contribution in [0.4, 0.5) is 11.5 Å². The molecule has 2 aromatic carbocycles. The van der Waals surface area contributed by atoms with Crippen molar-refractivity contribution < 1.29 is 0 Å². The number of anilines is 2. The van der Waals surface area contributed by atoms with Gasteiger partial charge in [0.1, 0.15) is 11.2 Å². The summed E-state index contributed by atoms with van der Waals surface area (Å²) in [6.07, 6.45) is 2.06. The molecule has 0 fully saturated rings. The number of fused-ring (bicyclic) bond motifs is 3. The molecule has 0 spiro atoms. The fourth-order valence-corrected chi connectivity index (χ4v) is 3.32. The van der Waals surface area contributed by atoms with Gasteiger partial charge in [0.05, 0.1) is 16.7 Å². The molecule has 0 bridgehead atoms. The summed E-state index contributed by atoms with van der Waals surface area (Å²) < 4.78 is 1.51. The SMILES string of the molecule is CCCCNc1nc2ccc(Cl)cc2c2[nH]n(-c3ccc(N)cc3)c(=O)c12. The summed E-state index contributed by atoms with van der Waals surface area (Å²) in [5.41, 5.74) is 8.44. The first kappa shape index (κ1) is 17.4. The maximum atomic E-state index is 13.2. The van der Waals surface area contributed by atoms with Crippen LogP contribution in [0.1, 0.15) is 19.8 Å². The van der Waals surface area contributed by atoms with Gasteiger partial charge in [0.2, 0.25) is 0 Å². The highest BCUT2D eigenvalue weighted by Crippen LogP contribution is 2.29. The van der Waals surface area contributed by atoms with E-state index in [9.17, 15) is 4.79 Å². The maximum Gasteiger partial charge on any atom is 0.282 e. The molecule has 4 aromatic rings. The van der Waals surface area contributed by atoms with E-state index in [0.29, 0.717) is 33.1 Å². The zero-order chi connectivity index (χ0) is 19.0. The summed E-state index contributed by atoms with van der Waals surface area (Å²) in [4.78, 5) is 17.9. The molecule has 0 aliphatic rings. The number of nitrogens with one attached hydrogen (secondary N) is 2. The van der Waals surface area contributed by atoms with E-state index in [4.69, 9.17) is 17.3 Å². The Labute approximate surface area is 160 Å². The third-order valence-electron chi connectivity index (χ3n) is 4.56. The zero-order valence-corrected chi connectivity index (χ0v) is 15.7. The number of aromatic amines is 1. The number of unbranched alkanes of at least 4 members (excludes halogenated alkanes) is 1. The highest BCUT2D eigenvalue weighted by atomic mass is 35.5. The molecule has 6 nitrogen and oxygen atoms in total. The average molecular weight is 382 g/mol. The van der Waals surface area contributed by atoms with Crippen molar-refractivity contribution in [1.82, 2.24) is 14.8 Å². The van der Waals surface area contributed by atoms with Gasteiger partial charge in [-0.05, 0) is 48.9 Å². The van der Waals surface area contributed by atoms with Crippen LogP contribution in [-0.2, 0) is 0 Å². The van der Waals surface area contributed by atoms with Gasteiger partial charge in [-0.2, -0.15) is 0 Å². The summed E-state index contributed by atoms with van der Waals surface area (Å²) >= 11 is 6.19. The van der Waals surface area contributed by atoms with Gasteiger partial charge in [-0.1, -0.05) is 24.9 Å². The molecule has 0 aliphatic carbocycles. The smallest absolute Gasteiger partial charge is 0.282 e. The Kier molecular flexibility index (Phi) is 4.49. The third-order valence-corrected chi connectivity index (χ3v) is 4.80. The van der Waals surface area contributed by atoms with Gasteiger partial charge in [0, 0.05) is 22.6 Å². The van der Waals surface area contributed by atoms with Gasteiger partial charge < -0.3 is 11.1 Å². The Morgan fingerprint density at radius 3 is 2.74 bits per heavy atom. The Balaban J connectivity index is 2.00. The Morgan fingerprint density at radius 1 is 1.22 bits per heavy atom. The monoisotopic (exact) mass is 381 g/mol. The second-order valence-corrected chi connectivity index (χ2v) is 6.93. The Morgan fingerprint density at radius 2 is 2.00 bits per heavy atom. The van der Waals surface area contributed by atoms with Crippen molar-refractivity contribution in [2.45, 2.75) is 19.8 Å². The molecule has 138 valence electrons. The normalized spacial score (nSPS) is 11.3. The van der Waals surface area contributed by atoms with Gasteiger partial charge in [-0.3, -0.25) is 9.89 Å². The van der Waals surface area contributed by atoms with Gasteiger partial charge in [0.15, 0.2) is 0 Å².